The predicted octanol–water partition coefficient (Wildman–Crippen LogP) is 5.47. The van der Waals surface area contributed by atoms with Gasteiger partial charge in [-0.05, 0) is 53.4 Å². The Morgan fingerprint density at radius 3 is 1.95 bits per heavy atom. The first kappa shape index (κ1) is 29.1. The van der Waals surface area contributed by atoms with Crippen LogP contribution in [0.3, 0.4) is 0 Å². The minimum atomic E-state index is 0.740. The van der Waals surface area contributed by atoms with Gasteiger partial charge in [0.1, 0.15) is 0 Å². The number of hydrogen-bond donors (Lipinski definition) is 3. The van der Waals surface area contributed by atoms with Gasteiger partial charge in [-0.15, -0.1) is 0 Å². The van der Waals surface area contributed by atoms with Gasteiger partial charge < -0.3 is 24.8 Å². The maximum atomic E-state index is 10.5. The molecule has 8 rings (SSSR count). The van der Waals surface area contributed by atoms with E-state index >= 15 is 0 Å². The molecule has 3 aliphatic heterocycles. The van der Waals surface area contributed by atoms with E-state index in [0.717, 1.165) is 95.0 Å². The molecule has 0 aliphatic carbocycles. The van der Waals surface area contributed by atoms with Crippen molar-refractivity contribution in [2.24, 2.45) is 0 Å². The molecule has 2 fully saturated rings. The molecule has 8 heteroatoms. The summed E-state index contributed by atoms with van der Waals surface area (Å²) in [5.41, 5.74) is 8.73. The van der Waals surface area contributed by atoms with Crippen LogP contribution in [0.25, 0.3) is 21.8 Å². The van der Waals surface area contributed by atoms with Crippen molar-refractivity contribution < 1.29 is 14.3 Å². The Balaban J connectivity index is 0.000000117. The van der Waals surface area contributed by atoms with Crippen molar-refractivity contribution in [2.45, 2.75) is 19.5 Å². The van der Waals surface area contributed by atoms with Crippen LogP contribution < -0.4 is 5.32 Å². The lowest BCUT2D eigenvalue weighted by Crippen LogP contribution is -2.35. The van der Waals surface area contributed by atoms with Gasteiger partial charge in [-0.2, -0.15) is 0 Å². The molecular weight excluding hydrogens is 538 g/mol. The summed E-state index contributed by atoms with van der Waals surface area (Å²) in [6.45, 7) is 10.9. The van der Waals surface area contributed by atoms with E-state index in [2.05, 4.69) is 67.5 Å². The zero-order valence-corrected chi connectivity index (χ0v) is 24.7. The lowest BCUT2D eigenvalue weighted by Gasteiger charge is -2.27. The van der Waals surface area contributed by atoms with Crippen LogP contribution >= 0.6 is 0 Å². The molecule has 0 unspecified atom stereocenters. The fourth-order valence-corrected chi connectivity index (χ4v) is 6.07. The Kier molecular flexibility index (Phi) is 9.81. The van der Waals surface area contributed by atoms with Crippen molar-refractivity contribution in [1.82, 2.24) is 19.8 Å². The lowest BCUT2D eigenvalue weighted by molar-refractivity contribution is 0.0341. The van der Waals surface area contributed by atoms with Crippen LogP contribution in [-0.2, 0) is 29.0 Å². The normalized spacial score (nSPS) is 16.9. The van der Waals surface area contributed by atoms with E-state index in [9.17, 15) is 4.79 Å². The zero-order valence-electron chi connectivity index (χ0n) is 24.7. The topological polar surface area (TPSA) is 85.6 Å². The molecule has 0 amide bonds. The second-order valence-electron chi connectivity index (χ2n) is 11.2. The monoisotopic (exact) mass is 579 g/mol. The number of aromatic amines is 2. The molecule has 43 heavy (non-hydrogen) atoms. The van der Waals surface area contributed by atoms with Gasteiger partial charge in [0.15, 0.2) is 6.29 Å². The quantitative estimate of drug-likeness (QED) is 0.240. The molecule has 5 heterocycles. The maximum Gasteiger partial charge on any atom is 0.150 e. The van der Waals surface area contributed by atoms with Crippen molar-refractivity contribution in [3.63, 3.8) is 0 Å². The molecule has 2 saturated heterocycles. The Bertz CT molecular complexity index is 1610. The summed E-state index contributed by atoms with van der Waals surface area (Å²) in [4.78, 5) is 21.7. The minimum absolute atomic E-state index is 0.740. The molecule has 3 aromatic carbocycles. The highest BCUT2D eigenvalue weighted by Crippen LogP contribution is 2.26. The third-order valence-corrected chi connectivity index (χ3v) is 8.40. The van der Waals surface area contributed by atoms with Gasteiger partial charge in [0.25, 0.3) is 0 Å². The van der Waals surface area contributed by atoms with Gasteiger partial charge in [0, 0.05) is 91.3 Å². The predicted molar refractivity (Wildman–Crippen MR) is 173 cm³/mol. The van der Waals surface area contributed by atoms with Gasteiger partial charge in [-0.1, -0.05) is 36.4 Å². The van der Waals surface area contributed by atoms with Crippen LogP contribution in [-0.4, -0.2) is 85.2 Å². The SMILES string of the molecule is O=Cc1cccc2[nH]ccc12.c1cc(CN2CCOCC2)c2c(c1)NCC2.c1cc(CN2CCOCC2)c2cc[nH]c2c1. The number of carbonyl (C=O) groups excluding carboxylic acids is 1. The first-order valence-corrected chi connectivity index (χ1v) is 15.3. The van der Waals surface area contributed by atoms with E-state index in [1.54, 1.807) is 0 Å². The molecule has 0 spiro atoms. The summed E-state index contributed by atoms with van der Waals surface area (Å²) in [6, 6.07) is 22.7. The van der Waals surface area contributed by atoms with Gasteiger partial charge in [0.05, 0.1) is 26.4 Å². The average molecular weight is 580 g/mol. The number of hydrogen-bond acceptors (Lipinski definition) is 6. The summed E-state index contributed by atoms with van der Waals surface area (Å²) in [5, 5.41) is 5.76. The fraction of sp³-hybridized carbons (Fsp3) is 0.343. The highest BCUT2D eigenvalue weighted by molar-refractivity contribution is 5.96. The highest BCUT2D eigenvalue weighted by atomic mass is 16.5. The minimum Gasteiger partial charge on any atom is -0.384 e. The number of nitrogens with one attached hydrogen (secondary N) is 3. The number of morpholine rings is 2. The second-order valence-corrected chi connectivity index (χ2v) is 11.2. The molecule has 2 aromatic heterocycles. The number of benzene rings is 3. The zero-order chi connectivity index (χ0) is 29.3. The first-order chi connectivity index (χ1) is 21.3. The van der Waals surface area contributed by atoms with Gasteiger partial charge in [0.2, 0.25) is 0 Å². The van der Waals surface area contributed by atoms with Gasteiger partial charge >= 0.3 is 0 Å². The summed E-state index contributed by atoms with van der Waals surface area (Å²) in [6.07, 6.45) is 5.89. The molecule has 0 atom stereocenters. The number of H-pyrrole nitrogens is 2. The van der Waals surface area contributed by atoms with Gasteiger partial charge in [-0.25, -0.2) is 0 Å². The van der Waals surface area contributed by atoms with Crippen LogP contribution in [0, 0.1) is 0 Å². The van der Waals surface area contributed by atoms with Crippen LogP contribution in [0.5, 0.6) is 0 Å². The molecule has 224 valence electrons. The van der Waals surface area contributed by atoms with Crippen LogP contribution in [0.4, 0.5) is 5.69 Å². The maximum absolute atomic E-state index is 10.5. The van der Waals surface area contributed by atoms with Crippen molar-refractivity contribution in [3.05, 3.63) is 101 Å². The number of fused-ring (bicyclic) bond motifs is 3. The second kappa shape index (κ2) is 14.5. The lowest BCUT2D eigenvalue weighted by atomic mass is 10.0. The molecule has 8 nitrogen and oxygen atoms in total. The third kappa shape index (κ3) is 7.35. The van der Waals surface area contributed by atoms with E-state index in [4.69, 9.17) is 9.47 Å². The van der Waals surface area contributed by atoms with Crippen LogP contribution in [0.15, 0.2) is 79.1 Å². The summed E-state index contributed by atoms with van der Waals surface area (Å²) < 4.78 is 10.7. The Morgan fingerprint density at radius 2 is 1.26 bits per heavy atom. The van der Waals surface area contributed by atoms with E-state index < -0.39 is 0 Å². The van der Waals surface area contributed by atoms with E-state index in [1.807, 2.05) is 36.7 Å². The van der Waals surface area contributed by atoms with Crippen molar-refractivity contribution in [1.29, 1.82) is 0 Å². The Morgan fingerprint density at radius 1 is 0.674 bits per heavy atom. The van der Waals surface area contributed by atoms with Crippen LogP contribution in [0.2, 0.25) is 0 Å². The molecular formula is C35H41N5O3. The number of rotatable bonds is 5. The summed E-state index contributed by atoms with van der Waals surface area (Å²) in [7, 11) is 0. The molecule has 3 aliphatic rings. The summed E-state index contributed by atoms with van der Waals surface area (Å²) >= 11 is 0. The number of aromatic nitrogens is 2. The molecule has 0 saturated carbocycles. The van der Waals surface area contributed by atoms with Crippen LogP contribution in [0.1, 0.15) is 27.0 Å². The van der Waals surface area contributed by atoms with Crippen molar-refractivity contribution in [2.75, 3.05) is 64.5 Å². The van der Waals surface area contributed by atoms with Gasteiger partial charge in [-0.3, -0.25) is 14.6 Å². The van der Waals surface area contributed by atoms with E-state index in [1.165, 1.54) is 39.7 Å². The largest absolute Gasteiger partial charge is 0.384 e. The third-order valence-electron chi connectivity index (χ3n) is 8.40. The number of anilines is 1. The highest BCUT2D eigenvalue weighted by Gasteiger charge is 2.17. The Labute approximate surface area is 253 Å². The summed E-state index contributed by atoms with van der Waals surface area (Å²) in [5.74, 6) is 0. The first-order valence-electron chi connectivity index (χ1n) is 15.3. The van der Waals surface area contributed by atoms with Crippen molar-refractivity contribution in [3.8, 4) is 0 Å². The molecule has 0 bridgehead atoms. The fourth-order valence-electron chi connectivity index (χ4n) is 6.07. The number of carbonyl (C=O) groups is 1. The molecule has 3 N–H and O–H groups in total. The van der Waals surface area contributed by atoms with E-state index in [-0.39, 0.29) is 0 Å². The number of nitrogens with zero attached hydrogens (tertiary/aromatic N) is 2. The smallest absolute Gasteiger partial charge is 0.150 e. The number of aldehydes is 1. The standard InChI is InChI=1S/C13H18N2O.C13H16N2O.C9H7NO/c2*1-2-11(10-15-6-8-16-9-7-15)12-4-5-14-13(12)3-1;11-6-7-2-1-3-9-8(7)4-5-10-9/h1-3,14H,4-10H2;1-5,14H,6-10H2;1-6,10H. The molecule has 5 aromatic rings. The van der Waals surface area contributed by atoms with E-state index in [0.29, 0.717) is 0 Å². The van der Waals surface area contributed by atoms with Crippen molar-refractivity contribution >= 4 is 33.8 Å². The molecule has 0 radical (unpaired) electrons. The average Bonchev–Trinajstić information content (AvgIpc) is 3.84. The number of ether oxygens (including phenoxy) is 2. The Hall–Kier alpha value is -3.95.